The fraction of sp³-hybridized carbons (Fsp3) is 0.611. The maximum atomic E-state index is 12.3. The minimum atomic E-state index is -3.17. The van der Waals surface area contributed by atoms with Crippen molar-refractivity contribution in [2.75, 3.05) is 31.3 Å². The van der Waals surface area contributed by atoms with Crippen molar-refractivity contribution in [3.8, 4) is 5.75 Å². The van der Waals surface area contributed by atoms with Crippen LogP contribution in [0.25, 0.3) is 0 Å². The van der Waals surface area contributed by atoms with Gasteiger partial charge in [0.25, 0.3) is 0 Å². The summed E-state index contributed by atoms with van der Waals surface area (Å²) in [5.41, 5.74) is 0.542. The highest BCUT2D eigenvalue weighted by molar-refractivity contribution is 7.89. The van der Waals surface area contributed by atoms with Crippen LogP contribution >= 0.6 is 11.6 Å². The Hall–Kier alpha value is -1.31. The summed E-state index contributed by atoms with van der Waals surface area (Å²) < 4.78 is 31.3. The third kappa shape index (κ3) is 5.86. The zero-order chi connectivity index (χ0) is 19.2. The molecule has 0 radical (unpaired) electrons. The van der Waals surface area contributed by atoms with E-state index in [1.807, 2.05) is 6.92 Å². The first-order chi connectivity index (χ1) is 12.4. The van der Waals surface area contributed by atoms with Crippen LogP contribution in [0.15, 0.2) is 18.2 Å². The molecule has 0 bridgehead atoms. The number of sulfonamides is 1. The van der Waals surface area contributed by atoms with Crippen LogP contribution in [0.5, 0.6) is 5.75 Å². The molecule has 1 atom stereocenters. The lowest BCUT2D eigenvalue weighted by Crippen LogP contribution is -2.41. The number of carbonyl (C=O) groups excluding carboxylic acids is 1. The summed E-state index contributed by atoms with van der Waals surface area (Å²) in [6, 6.07) is 5.05. The Kier molecular flexibility index (Phi) is 7.73. The first-order valence-electron chi connectivity index (χ1n) is 8.97. The van der Waals surface area contributed by atoms with Crippen molar-refractivity contribution in [3.63, 3.8) is 0 Å². The molecule has 1 aliphatic rings. The van der Waals surface area contributed by atoms with Crippen molar-refractivity contribution in [1.82, 2.24) is 4.31 Å². The van der Waals surface area contributed by atoms with Crippen LogP contribution in [0.4, 0.5) is 5.69 Å². The van der Waals surface area contributed by atoms with Crippen molar-refractivity contribution in [2.24, 2.45) is 5.92 Å². The topological polar surface area (TPSA) is 75.7 Å². The van der Waals surface area contributed by atoms with E-state index < -0.39 is 10.0 Å². The third-order valence-corrected chi connectivity index (χ3v) is 6.83. The quantitative estimate of drug-likeness (QED) is 0.721. The van der Waals surface area contributed by atoms with Gasteiger partial charge in [0.2, 0.25) is 15.9 Å². The van der Waals surface area contributed by atoms with E-state index in [9.17, 15) is 13.2 Å². The van der Waals surface area contributed by atoms with Gasteiger partial charge >= 0.3 is 0 Å². The van der Waals surface area contributed by atoms with Crippen LogP contribution in [0, 0.1) is 5.92 Å². The lowest BCUT2D eigenvalue weighted by Gasteiger charge is -2.31. The Morgan fingerprint density at radius 1 is 1.42 bits per heavy atom. The summed E-state index contributed by atoms with van der Waals surface area (Å²) in [6.07, 6.45) is 3.41. The molecule has 0 aliphatic carbocycles. The summed E-state index contributed by atoms with van der Waals surface area (Å²) in [5, 5.41) is 3.34. The molecule has 1 saturated heterocycles. The first kappa shape index (κ1) is 21.0. The second kappa shape index (κ2) is 9.58. The third-order valence-electron chi connectivity index (χ3n) is 4.55. The van der Waals surface area contributed by atoms with Crippen LogP contribution in [-0.4, -0.2) is 44.6 Å². The molecular weight excluding hydrogens is 376 g/mol. The van der Waals surface area contributed by atoms with Crippen molar-refractivity contribution >= 4 is 33.2 Å². The molecule has 1 heterocycles. The number of benzene rings is 1. The molecule has 146 valence electrons. The average molecular weight is 403 g/mol. The number of nitrogens with zero attached hydrogens (tertiary/aromatic N) is 1. The zero-order valence-corrected chi connectivity index (χ0v) is 16.9. The second-order valence-corrected chi connectivity index (χ2v) is 9.14. The highest BCUT2D eigenvalue weighted by Crippen LogP contribution is 2.28. The van der Waals surface area contributed by atoms with E-state index in [-0.39, 0.29) is 17.6 Å². The normalized spacial score (nSPS) is 18.5. The van der Waals surface area contributed by atoms with Gasteiger partial charge in [0, 0.05) is 24.5 Å². The van der Waals surface area contributed by atoms with E-state index in [1.54, 1.807) is 22.5 Å². The van der Waals surface area contributed by atoms with E-state index in [4.69, 9.17) is 16.3 Å². The number of ether oxygens (including phenoxy) is 1. The molecule has 6 nitrogen and oxygen atoms in total. The molecule has 1 amide bonds. The lowest BCUT2D eigenvalue weighted by molar-refractivity contribution is -0.116. The molecule has 8 heteroatoms. The van der Waals surface area contributed by atoms with Gasteiger partial charge in [-0.2, -0.15) is 0 Å². The van der Waals surface area contributed by atoms with Gasteiger partial charge in [-0.15, -0.1) is 0 Å². The van der Waals surface area contributed by atoms with Crippen molar-refractivity contribution in [2.45, 2.75) is 39.0 Å². The molecule has 0 aromatic heterocycles. The minimum Gasteiger partial charge on any atom is -0.495 e. The molecular formula is C18H27ClN2O4S. The van der Waals surface area contributed by atoms with Gasteiger partial charge in [-0.05, 0) is 49.8 Å². The monoisotopic (exact) mass is 402 g/mol. The summed E-state index contributed by atoms with van der Waals surface area (Å²) in [7, 11) is -1.63. The first-order valence-corrected chi connectivity index (χ1v) is 11.0. The number of carbonyl (C=O) groups is 1. The van der Waals surface area contributed by atoms with Gasteiger partial charge in [0.15, 0.2) is 0 Å². The standard InChI is InChI=1S/C18H27ClN2O4S/c1-3-11-26(23,24)21-10-4-5-14(13-21)6-9-18(22)20-16-12-15(19)7-8-17(16)25-2/h7-8,12,14H,3-6,9-11,13H2,1-2H3,(H,20,22)/t14-/m0/s1. The molecule has 1 aromatic rings. The van der Waals surface area contributed by atoms with Gasteiger partial charge in [0.1, 0.15) is 5.75 Å². The van der Waals surface area contributed by atoms with Crippen molar-refractivity contribution in [1.29, 1.82) is 0 Å². The van der Waals surface area contributed by atoms with Crippen molar-refractivity contribution in [3.05, 3.63) is 23.2 Å². The highest BCUT2D eigenvalue weighted by Gasteiger charge is 2.28. The summed E-state index contributed by atoms with van der Waals surface area (Å²) in [4.78, 5) is 12.3. The fourth-order valence-electron chi connectivity index (χ4n) is 3.23. The van der Waals surface area contributed by atoms with Gasteiger partial charge in [-0.1, -0.05) is 18.5 Å². The SMILES string of the molecule is CCCS(=O)(=O)N1CCC[C@@H](CCC(=O)Nc2cc(Cl)ccc2OC)C1. The number of anilines is 1. The minimum absolute atomic E-state index is 0.126. The van der Waals surface area contributed by atoms with E-state index >= 15 is 0 Å². The van der Waals surface area contributed by atoms with Crippen LogP contribution in [0.3, 0.4) is 0 Å². The smallest absolute Gasteiger partial charge is 0.224 e. The molecule has 0 spiro atoms. The molecule has 1 aromatic carbocycles. The van der Waals surface area contributed by atoms with E-state index in [2.05, 4.69) is 5.32 Å². The van der Waals surface area contributed by atoms with Gasteiger partial charge in [-0.25, -0.2) is 12.7 Å². The zero-order valence-electron chi connectivity index (χ0n) is 15.3. The number of halogens is 1. The van der Waals surface area contributed by atoms with Gasteiger partial charge in [0.05, 0.1) is 18.6 Å². The Bertz CT molecular complexity index is 724. The number of rotatable bonds is 8. The maximum Gasteiger partial charge on any atom is 0.224 e. The van der Waals surface area contributed by atoms with Crippen LogP contribution in [-0.2, 0) is 14.8 Å². The predicted molar refractivity (Wildman–Crippen MR) is 104 cm³/mol. The molecule has 26 heavy (non-hydrogen) atoms. The maximum absolute atomic E-state index is 12.3. The van der Waals surface area contributed by atoms with Crippen LogP contribution in [0.2, 0.25) is 5.02 Å². The molecule has 1 aliphatic heterocycles. The van der Waals surface area contributed by atoms with Gasteiger partial charge in [-0.3, -0.25) is 4.79 Å². The largest absolute Gasteiger partial charge is 0.495 e. The Balaban J connectivity index is 1.88. The predicted octanol–water partition coefficient (Wildman–Crippen LogP) is 3.52. The summed E-state index contributed by atoms with van der Waals surface area (Å²) >= 11 is 5.97. The molecule has 1 N–H and O–H groups in total. The second-order valence-electron chi connectivity index (χ2n) is 6.61. The van der Waals surface area contributed by atoms with Crippen molar-refractivity contribution < 1.29 is 17.9 Å². The van der Waals surface area contributed by atoms with E-state index in [1.165, 1.54) is 7.11 Å². The number of methoxy groups -OCH3 is 1. The number of piperidine rings is 1. The highest BCUT2D eigenvalue weighted by atomic mass is 35.5. The number of hydrogen-bond donors (Lipinski definition) is 1. The fourth-order valence-corrected chi connectivity index (χ4v) is 5.02. The number of nitrogens with one attached hydrogen (secondary N) is 1. The van der Waals surface area contributed by atoms with Gasteiger partial charge < -0.3 is 10.1 Å². The summed E-state index contributed by atoms with van der Waals surface area (Å²) in [5.74, 6) is 0.827. The lowest BCUT2D eigenvalue weighted by atomic mass is 9.94. The molecule has 2 rings (SSSR count). The van der Waals surface area contributed by atoms with E-state index in [0.717, 1.165) is 12.8 Å². The molecule has 1 fully saturated rings. The van der Waals surface area contributed by atoms with Crippen LogP contribution in [0.1, 0.15) is 39.0 Å². The molecule has 0 unspecified atom stereocenters. The number of hydrogen-bond acceptors (Lipinski definition) is 4. The average Bonchev–Trinajstić information content (AvgIpc) is 2.60. The Morgan fingerprint density at radius 2 is 2.19 bits per heavy atom. The van der Waals surface area contributed by atoms with E-state index in [0.29, 0.717) is 48.8 Å². The number of amides is 1. The summed E-state index contributed by atoms with van der Waals surface area (Å²) in [6.45, 7) is 2.97. The Labute approximate surface area is 160 Å². The molecule has 0 saturated carbocycles. The Morgan fingerprint density at radius 3 is 2.88 bits per heavy atom. The van der Waals surface area contributed by atoms with Crippen LogP contribution < -0.4 is 10.1 Å².